The Hall–Kier alpha value is -0.960. The smallest absolute Gasteiger partial charge is 0.212 e. The largest absolute Gasteiger partial charge is 0.311 e. The SMILES string of the molecule is CNC(C)(C)c1ccc(F)nc1. The molecule has 0 atom stereocenters. The van der Waals surface area contributed by atoms with Gasteiger partial charge in [-0.2, -0.15) is 4.39 Å². The molecule has 0 aliphatic rings. The van der Waals surface area contributed by atoms with E-state index in [1.807, 2.05) is 20.9 Å². The van der Waals surface area contributed by atoms with Crippen molar-refractivity contribution >= 4 is 0 Å². The van der Waals surface area contributed by atoms with Gasteiger partial charge in [0.05, 0.1) is 0 Å². The molecule has 0 aliphatic heterocycles. The van der Waals surface area contributed by atoms with Crippen molar-refractivity contribution in [3.8, 4) is 0 Å². The van der Waals surface area contributed by atoms with E-state index in [-0.39, 0.29) is 5.54 Å². The van der Waals surface area contributed by atoms with Crippen LogP contribution in [0.2, 0.25) is 0 Å². The molecule has 3 heteroatoms. The Balaban J connectivity index is 2.96. The minimum absolute atomic E-state index is 0.152. The summed E-state index contributed by atoms with van der Waals surface area (Å²) in [5, 5.41) is 3.11. The zero-order valence-electron chi connectivity index (χ0n) is 7.56. The summed E-state index contributed by atoms with van der Waals surface area (Å²) >= 11 is 0. The van der Waals surface area contributed by atoms with Crippen LogP contribution >= 0.6 is 0 Å². The van der Waals surface area contributed by atoms with Crippen LogP contribution in [0.4, 0.5) is 4.39 Å². The molecule has 1 aromatic heterocycles. The Labute approximate surface area is 71.8 Å². The fraction of sp³-hybridized carbons (Fsp3) is 0.444. The highest BCUT2D eigenvalue weighted by atomic mass is 19.1. The van der Waals surface area contributed by atoms with Crippen LogP contribution in [-0.2, 0) is 5.54 Å². The Morgan fingerprint density at radius 3 is 2.50 bits per heavy atom. The Morgan fingerprint density at radius 2 is 2.08 bits per heavy atom. The fourth-order valence-corrected chi connectivity index (χ4v) is 0.890. The molecule has 1 N–H and O–H groups in total. The van der Waals surface area contributed by atoms with Gasteiger partial charge in [0.1, 0.15) is 0 Å². The first-order valence-corrected chi connectivity index (χ1v) is 3.87. The van der Waals surface area contributed by atoms with Gasteiger partial charge in [-0.25, -0.2) is 4.98 Å². The van der Waals surface area contributed by atoms with E-state index in [2.05, 4.69) is 10.3 Å². The third kappa shape index (κ3) is 1.80. The summed E-state index contributed by atoms with van der Waals surface area (Å²) in [6.45, 7) is 4.03. The van der Waals surface area contributed by atoms with Crippen molar-refractivity contribution in [1.82, 2.24) is 10.3 Å². The van der Waals surface area contributed by atoms with E-state index in [0.29, 0.717) is 0 Å². The number of rotatable bonds is 2. The van der Waals surface area contributed by atoms with Crippen LogP contribution in [0.1, 0.15) is 19.4 Å². The molecule has 1 heterocycles. The molecule has 2 nitrogen and oxygen atoms in total. The molecule has 0 unspecified atom stereocenters. The van der Waals surface area contributed by atoms with Crippen LogP contribution in [0.3, 0.4) is 0 Å². The van der Waals surface area contributed by atoms with Gasteiger partial charge >= 0.3 is 0 Å². The van der Waals surface area contributed by atoms with Gasteiger partial charge in [-0.3, -0.25) is 0 Å². The van der Waals surface area contributed by atoms with Crippen LogP contribution in [0.15, 0.2) is 18.3 Å². The Kier molecular flexibility index (Phi) is 2.43. The van der Waals surface area contributed by atoms with Gasteiger partial charge < -0.3 is 5.32 Å². The minimum atomic E-state index is -0.439. The first kappa shape index (κ1) is 9.13. The number of nitrogens with zero attached hydrogens (tertiary/aromatic N) is 1. The maximum atomic E-state index is 12.4. The second-order valence-corrected chi connectivity index (χ2v) is 3.24. The third-order valence-electron chi connectivity index (χ3n) is 2.07. The van der Waals surface area contributed by atoms with E-state index in [1.54, 1.807) is 12.3 Å². The number of aromatic nitrogens is 1. The van der Waals surface area contributed by atoms with E-state index < -0.39 is 5.95 Å². The summed E-state index contributed by atoms with van der Waals surface area (Å²) < 4.78 is 12.4. The van der Waals surface area contributed by atoms with Crippen molar-refractivity contribution in [2.24, 2.45) is 0 Å². The highest BCUT2D eigenvalue weighted by molar-refractivity contribution is 5.18. The lowest BCUT2D eigenvalue weighted by Crippen LogP contribution is -2.33. The lowest BCUT2D eigenvalue weighted by atomic mass is 9.97. The molecule has 0 spiro atoms. The summed E-state index contributed by atoms with van der Waals surface area (Å²) in [4.78, 5) is 3.59. The van der Waals surface area contributed by atoms with Gasteiger partial charge in [0.25, 0.3) is 0 Å². The van der Waals surface area contributed by atoms with Crippen LogP contribution in [0.5, 0.6) is 0 Å². The van der Waals surface area contributed by atoms with Crippen LogP contribution < -0.4 is 5.32 Å². The summed E-state index contributed by atoms with van der Waals surface area (Å²) in [6, 6.07) is 3.10. The molecule has 0 fully saturated rings. The minimum Gasteiger partial charge on any atom is -0.311 e. The topological polar surface area (TPSA) is 24.9 Å². The lowest BCUT2D eigenvalue weighted by molar-refractivity contribution is 0.440. The normalized spacial score (nSPS) is 11.7. The molecule has 0 saturated heterocycles. The fourth-order valence-electron chi connectivity index (χ4n) is 0.890. The third-order valence-corrected chi connectivity index (χ3v) is 2.07. The molecule has 0 aliphatic carbocycles. The Morgan fingerprint density at radius 1 is 1.42 bits per heavy atom. The standard InChI is InChI=1S/C9H13FN2/c1-9(2,11-3)7-4-5-8(10)12-6-7/h4-6,11H,1-3H3. The van der Waals surface area contributed by atoms with Gasteiger partial charge in [-0.1, -0.05) is 6.07 Å². The zero-order valence-corrected chi connectivity index (χ0v) is 7.56. The molecule has 0 aromatic carbocycles. The van der Waals surface area contributed by atoms with Crippen LogP contribution in [0.25, 0.3) is 0 Å². The first-order chi connectivity index (χ1) is 5.56. The number of halogens is 1. The highest BCUT2D eigenvalue weighted by Gasteiger charge is 2.17. The molecular formula is C9H13FN2. The number of nitrogens with one attached hydrogen (secondary N) is 1. The average Bonchev–Trinajstić information content (AvgIpc) is 2.05. The average molecular weight is 168 g/mol. The van der Waals surface area contributed by atoms with Crippen molar-refractivity contribution < 1.29 is 4.39 Å². The lowest BCUT2D eigenvalue weighted by Gasteiger charge is -2.23. The molecule has 0 radical (unpaired) electrons. The summed E-state index contributed by atoms with van der Waals surface area (Å²) in [5.41, 5.74) is 0.826. The number of hydrogen-bond donors (Lipinski definition) is 1. The van der Waals surface area contributed by atoms with Crippen molar-refractivity contribution in [3.63, 3.8) is 0 Å². The van der Waals surface area contributed by atoms with Gasteiger partial charge in [0.2, 0.25) is 5.95 Å². The van der Waals surface area contributed by atoms with E-state index in [1.165, 1.54) is 6.07 Å². The second-order valence-electron chi connectivity index (χ2n) is 3.24. The molecule has 0 saturated carbocycles. The van der Waals surface area contributed by atoms with Crippen molar-refractivity contribution in [2.45, 2.75) is 19.4 Å². The number of hydrogen-bond acceptors (Lipinski definition) is 2. The Bertz CT molecular complexity index is 254. The van der Waals surface area contributed by atoms with E-state index in [4.69, 9.17) is 0 Å². The van der Waals surface area contributed by atoms with Crippen LogP contribution in [0, 0.1) is 5.95 Å². The summed E-state index contributed by atoms with van der Waals surface area (Å²) in [5.74, 6) is -0.439. The predicted octanol–water partition coefficient (Wildman–Crippen LogP) is 1.68. The van der Waals surface area contributed by atoms with Crippen molar-refractivity contribution in [3.05, 3.63) is 29.8 Å². The van der Waals surface area contributed by atoms with Gasteiger partial charge in [0, 0.05) is 11.7 Å². The van der Waals surface area contributed by atoms with Gasteiger partial charge in [-0.05, 0) is 32.5 Å². The maximum Gasteiger partial charge on any atom is 0.212 e. The summed E-state index contributed by atoms with van der Waals surface area (Å²) in [7, 11) is 1.86. The zero-order chi connectivity index (χ0) is 9.19. The van der Waals surface area contributed by atoms with Gasteiger partial charge in [-0.15, -0.1) is 0 Å². The van der Waals surface area contributed by atoms with Crippen LogP contribution in [-0.4, -0.2) is 12.0 Å². The molecular weight excluding hydrogens is 155 g/mol. The van der Waals surface area contributed by atoms with Crippen molar-refractivity contribution in [1.29, 1.82) is 0 Å². The number of pyridine rings is 1. The molecule has 12 heavy (non-hydrogen) atoms. The summed E-state index contributed by atoms with van der Waals surface area (Å²) in [6.07, 6.45) is 1.55. The molecule has 66 valence electrons. The monoisotopic (exact) mass is 168 g/mol. The maximum absolute atomic E-state index is 12.4. The molecule has 1 rings (SSSR count). The molecule has 0 bridgehead atoms. The second kappa shape index (κ2) is 3.19. The molecule has 1 aromatic rings. The highest BCUT2D eigenvalue weighted by Crippen LogP contribution is 2.17. The van der Waals surface area contributed by atoms with E-state index in [9.17, 15) is 4.39 Å². The quantitative estimate of drug-likeness (QED) is 0.679. The van der Waals surface area contributed by atoms with E-state index in [0.717, 1.165) is 5.56 Å². The predicted molar refractivity (Wildman–Crippen MR) is 46.3 cm³/mol. The van der Waals surface area contributed by atoms with Gasteiger partial charge in [0.15, 0.2) is 0 Å². The van der Waals surface area contributed by atoms with E-state index >= 15 is 0 Å². The van der Waals surface area contributed by atoms with Crippen molar-refractivity contribution in [2.75, 3.05) is 7.05 Å². The molecule has 0 amide bonds. The first-order valence-electron chi connectivity index (χ1n) is 3.87.